The van der Waals surface area contributed by atoms with E-state index in [-0.39, 0.29) is 23.5 Å². The molecule has 0 amide bonds. The number of H-pyrrole nitrogens is 1. The van der Waals surface area contributed by atoms with E-state index in [1.165, 1.54) is 16.8 Å². The SMILES string of the molecule is Nc1nc2c(c(CN[C@H]3C=C[C@H](O)[C@@H]3O)cn2[C@@H]2O[C@H](COP(=O)(O)O)[C@@H](O)[C@H]2O)c(=O)[nH]1. The largest absolute Gasteiger partial charge is 0.469 e. The number of fused-ring (bicyclic) bond motifs is 1. The predicted octanol–water partition coefficient (Wildman–Crippen LogP) is -3.21. The van der Waals surface area contributed by atoms with Crippen molar-refractivity contribution in [3.8, 4) is 0 Å². The molecule has 7 atom stereocenters. The molecule has 1 fully saturated rings. The second-order valence-electron chi connectivity index (χ2n) is 7.82. The highest BCUT2D eigenvalue weighted by atomic mass is 31.2. The first-order valence-corrected chi connectivity index (χ1v) is 11.4. The van der Waals surface area contributed by atoms with Crippen molar-refractivity contribution < 1.29 is 44.0 Å². The zero-order valence-corrected chi connectivity index (χ0v) is 17.8. The summed E-state index contributed by atoms with van der Waals surface area (Å²) in [7, 11) is -4.84. The monoisotopic (exact) mass is 489 g/mol. The van der Waals surface area contributed by atoms with Gasteiger partial charge in [-0.2, -0.15) is 4.98 Å². The van der Waals surface area contributed by atoms with Gasteiger partial charge in [-0.1, -0.05) is 12.2 Å². The normalized spacial score (nSPS) is 32.2. The third-order valence-electron chi connectivity index (χ3n) is 5.56. The van der Waals surface area contributed by atoms with Crippen molar-refractivity contribution >= 4 is 24.8 Å². The molecule has 2 aliphatic rings. The molecule has 0 bridgehead atoms. The van der Waals surface area contributed by atoms with Crippen LogP contribution in [0.15, 0.2) is 23.1 Å². The Hall–Kier alpha value is -2.17. The quantitative estimate of drug-likeness (QED) is 0.137. The Morgan fingerprint density at radius 1 is 1.21 bits per heavy atom. The number of nitrogen functional groups attached to an aromatic ring is 1. The lowest BCUT2D eigenvalue weighted by Crippen LogP contribution is -2.40. The van der Waals surface area contributed by atoms with E-state index < -0.39 is 62.8 Å². The highest BCUT2D eigenvalue weighted by Crippen LogP contribution is 2.39. The molecule has 0 aromatic carbocycles. The molecule has 0 spiro atoms. The molecule has 0 unspecified atom stereocenters. The van der Waals surface area contributed by atoms with E-state index in [0.717, 1.165) is 0 Å². The molecule has 10 N–H and O–H groups in total. The number of phosphoric ester groups is 1. The molecule has 0 radical (unpaired) electrons. The van der Waals surface area contributed by atoms with Crippen molar-refractivity contribution in [2.45, 2.75) is 49.3 Å². The number of nitrogens with two attached hydrogens (primary N) is 1. The summed E-state index contributed by atoms with van der Waals surface area (Å²) in [5.74, 6) is -0.210. The number of nitrogens with one attached hydrogen (secondary N) is 2. The number of anilines is 1. The topological polar surface area (TPSA) is 246 Å². The minimum Gasteiger partial charge on any atom is -0.388 e. The first-order chi connectivity index (χ1) is 15.5. The van der Waals surface area contributed by atoms with Crippen LogP contribution in [0.4, 0.5) is 5.95 Å². The molecule has 3 heterocycles. The van der Waals surface area contributed by atoms with E-state index >= 15 is 0 Å². The first kappa shape index (κ1) is 24.0. The van der Waals surface area contributed by atoms with Crippen LogP contribution in [0.1, 0.15) is 11.8 Å². The summed E-state index contributed by atoms with van der Waals surface area (Å²) in [5, 5.41) is 43.5. The van der Waals surface area contributed by atoms with Gasteiger partial charge in [-0.25, -0.2) is 4.57 Å². The molecule has 182 valence electrons. The number of hydrogen-bond acceptors (Lipinski definition) is 11. The van der Waals surface area contributed by atoms with Crippen LogP contribution in [-0.2, 0) is 20.4 Å². The second kappa shape index (κ2) is 8.88. The first-order valence-electron chi connectivity index (χ1n) is 9.85. The van der Waals surface area contributed by atoms with Gasteiger partial charge in [0.1, 0.15) is 24.4 Å². The summed E-state index contributed by atoms with van der Waals surface area (Å²) in [6.07, 6.45) is -3.31. The molecular formula is C17H24N5O10P. The van der Waals surface area contributed by atoms with Crippen LogP contribution in [-0.4, -0.2) is 87.9 Å². The summed E-state index contributed by atoms with van der Waals surface area (Å²) in [6.45, 7) is -0.649. The summed E-state index contributed by atoms with van der Waals surface area (Å²) in [6, 6.07) is -0.580. The van der Waals surface area contributed by atoms with Gasteiger partial charge >= 0.3 is 7.82 Å². The third kappa shape index (κ3) is 4.74. The van der Waals surface area contributed by atoms with Gasteiger partial charge in [-0.15, -0.1) is 0 Å². The van der Waals surface area contributed by atoms with E-state index in [1.807, 2.05) is 0 Å². The van der Waals surface area contributed by atoms with E-state index in [4.69, 9.17) is 20.3 Å². The fourth-order valence-electron chi connectivity index (χ4n) is 3.93. The van der Waals surface area contributed by atoms with Crippen molar-refractivity contribution in [2.75, 3.05) is 12.3 Å². The number of aromatic amines is 1. The molecule has 16 heteroatoms. The van der Waals surface area contributed by atoms with Crippen molar-refractivity contribution in [1.29, 1.82) is 0 Å². The lowest BCUT2D eigenvalue weighted by Gasteiger charge is -2.18. The Morgan fingerprint density at radius 3 is 2.58 bits per heavy atom. The van der Waals surface area contributed by atoms with E-state index in [1.54, 1.807) is 6.08 Å². The molecule has 1 aliphatic heterocycles. The van der Waals surface area contributed by atoms with E-state index in [2.05, 4.69) is 19.8 Å². The average Bonchev–Trinajstić information content (AvgIpc) is 3.34. The van der Waals surface area contributed by atoms with E-state index in [9.17, 15) is 29.8 Å². The molecule has 2 aromatic rings. The third-order valence-corrected chi connectivity index (χ3v) is 6.04. The lowest BCUT2D eigenvalue weighted by molar-refractivity contribution is -0.0502. The second-order valence-corrected chi connectivity index (χ2v) is 9.06. The Morgan fingerprint density at radius 2 is 1.94 bits per heavy atom. The van der Waals surface area contributed by atoms with Gasteiger partial charge in [0.05, 0.1) is 24.1 Å². The summed E-state index contributed by atoms with van der Waals surface area (Å²) < 4.78 is 22.2. The molecule has 4 rings (SSSR count). The van der Waals surface area contributed by atoms with Crippen molar-refractivity contribution in [1.82, 2.24) is 19.9 Å². The van der Waals surface area contributed by atoms with Crippen LogP contribution in [0.3, 0.4) is 0 Å². The lowest BCUT2D eigenvalue weighted by atomic mass is 10.1. The van der Waals surface area contributed by atoms with Crippen LogP contribution in [0.25, 0.3) is 11.0 Å². The summed E-state index contributed by atoms with van der Waals surface area (Å²) in [5.41, 5.74) is 5.51. The fourth-order valence-corrected chi connectivity index (χ4v) is 4.27. The number of aliphatic hydroxyl groups excluding tert-OH is 4. The van der Waals surface area contributed by atoms with E-state index in [0.29, 0.717) is 5.56 Å². The number of aliphatic hydroxyl groups is 4. The zero-order valence-electron chi connectivity index (χ0n) is 16.9. The van der Waals surface area contributed by atoms with Crippen molar-refractivity contribution in [3.05, 3.63) is 34.3 Å². The van der Waals surface area contributed by atoms with Gasteiger partial charge in [0, 0.05) is 12.7 Å². The number of phosphoric acid groups is 1. The minimum atomic E-state index is -4.84. The Kier molecular flexibility index (Phi) is 6.45. The fraction of sp³-hybridized carbons (Fsp3) is 0.529. The highest BCUT2D eigenvalue weighted by molar-refractivity contribution is 7.46. The smallest absolute Gasteiger partial charge is 0.388 e. The van der Waals surface area contributed by atoms with Gasteiger partial charge in [0.25, 0.3) is 5.56 Å². The molecule has 15 nitrogen and oxygen atoms in total. The van der Waals surface area contributed by atoms with Gasteiger partial charge in [0.2, 0.25) is 5.95 Å². The Labute approximate surface area is 185 Å². The number of nitrogens with zero attached hydrogens (tertiary/aromatic N) is 2. The molecule has 1 saturated heterocycles. The number of hydrogen-bond donors (Lipinski definition) is 9. The minimum absolute atomic E-state index is 0.0309. The van der Waals surface area contributed by atoms with Crippen LogP contribution >= 0.6 is 7.82 Å². The Balaban J connectivity index is 1.64. The van der Waals surface area contributed by atoms with Crippen LogP contribution in [0, 0.1) is 0 Å². The number of aromatic nitrogens is 3. The highest BCUT2D eigenvalue weighted by Gasteiger charge is 2.45. The van der Waals surface area contributed by atoms with Gasteiger partial charge in [-0.3, -0.25) is 14.3 Å². The average molecular weight is 489 g/mol. The number of rotatable bonds is 7. The standard InChI is InChI=1S/C17H24N5O10P/c18-17-20-14-10(15(27)21-17)6(3-19-7-1-2-8(23)11(7)24)4-22(14)16-13(26)12(25)9(32-16)5-31-33(28,29)30/h1-2,4,7-9,11-13,16,19,23-26H,3,5H2,(H2,28,29,30)(H3,18,20,21,27)/t7-,8-,9+,11+,12+,13+,16+/m0/s1. The van der Waals surface area contributed by atoms with Crippen molar-refractivity contribution in [2.24, 2.45) is 0 Å². The number of ether oxygens (including phenoxy) is 1. The van der Waals surface area contributed by atoms with Gasteiger partial charge < -0.3 is 50.6 Å². The predicted molar refractivity (Wildman–Crippen MR) is 110 cm³/mol. The maximum absolute atomic E-state index is 12.6. The zero-order chi connectivity index (χ0) is 24.1. The molecular weight excluding hydrogens is 465 g/mol. The van der Waals surface area contributed by atoms with Gasteiger partial charge in [-0.05, 0) is 5.56 Å². The van der Waals surface area contributed by atoms with Crippen LogP contribution in [0.2, 0.25) is 0 Å². The summed E-state index contributed by atoms with van der Waals surface area (Å²) in [4.78, 5) is 36.8. The molecule has 1 aliphatic carbocycles. The van der Waals surface area contributed by atoms with Gasteiger partial charge in [0.15, 0.2) is 11.9 Å². The van der Waals surface area contributed by atoms with Crippen LogP contribution < -0.4 is 16.6 Å². The maximum Gasteiger partial charge on any atom is 0.469 e. The Bertz CT molecular complexity index is 1160. The molecule has 33 heavy (non-hydrogen) atoms. The summed E-state index contributed by atoms with van der Waals surface area (Å²) >= 11 is 0. The van der Waals surface area contributed by atoms with Crippen molar-refractivity contribution in [3.63, 3.8) is 0 Å². The maximum atomic E-state index is 12.6. The molecule has 2 aromatic heterocycles. The van der Waals surface area contributed by atoms with Crippen LogP contribution in [0.5, 0.6) is 0 Å². The molecule has 0 saturated carbocycles.